The van der Waals surface area contributed by atoms with E-state index in [1.807, 2.05) is 22.8 Å². The van der Waals surface area contributed by atoms with Crippen LogP contribution in [0, 0.1) is 12.8 Å². The first-order chi connectivity index (χ1) is 12.2. The summed E-state index contributed by atoms with van der Waals surface area (Å²) in [5.74, 6) is 1.18. The highest BCUT2D eigenvalue weighted by Gasteiger charge is 2.22. The highest BCUT2D eigenvalue weighted by Crippen LogP contribution is 2.23. The van der Waals surface area contributed by atoms with E-state index in [-0.39, 0.29) is 6.10 Å². The van der Waals surface area contributed by atoms with Crippen LogP contribution >= 0.6 is 0 Å². The molecule has 0 amide bonds. The number of aryl methyl sites for hydroxylation is 1. The van der Waals surface area contributed by atoms with E-state index in [0.29, 0.717) is 11.8 Å². The van der Waals surface area contributed by atoms with Gasteiger partial charge in [0.05, 0.1) is 11.9 Å². The minimum atomic E-state index is 0.143. The summed E-state index contributed by atoms with van der Waals surface area (Å²) in [6.07, 6.45) is 4.43. The van der Waals surface area contributed by atoms with Crippen molar-refractivity contribution < 1.29 is 4.74 Å². The Labute approximate surface area is 148 Å². The van der Waals surface area contributed by atoms with Crippen molar-refractivity contribution in [1.82, 2.24) is 19.9 Å². The number of imidazole rings is 1. The highest BCUT2D eigenvalue weighted by atomic mass is 16.5. The molecule has 25 heavy (non-hydrogen) atoms. The topological polar surface area (TPSA) is 51.5 Å². The lowest BCUT2D eigenvalue weighted by Gasteiger charge is -2.28. The van der Waals surface area contributed by atoms with Gasteiger partial charge in [0.15, 0.2) is 5.65 Å². The maximum absolute atomic E-state index is 6.14. The molecule has 1 aromatic carbocycles. The molecule has 1 fully saturated rings. The number of fused-ring (bicyclic) bond motifs is 1. The van der Waals surface area contributed by atoms with Crippen LogP contribution < -0.4 is 10.1 Å². The van der Waals surface area contributed by atoms with E-state index in [1.54, 1.807) is 0 Å². The summed E-state index contributed by atoms with van der Waals surface area (Å²) in [5.41, 5.74) is 4.15. The Morgan fingerprint density at radius 2 is 2.04 bits per heavy atom. The predicted molar refractivity (Wildman–Crippen MR) is 98.8 cm³/mol. The molecule has 0 aliphatic carbocycles. The molecule has 1 aliphatic heterocycles. The quantitative estimate of drug-likeness (QED) is 0.792. The van der Waals surface area contributed by atoms with Gasteiger partial charge in [-0.1, -0.05) is 29.8 Å². The van der Waals surface area contributed by atoms with Crippen LogP contribution in [0.15, 0.2) is 42.6 Å². The molecule has 1 N–H and O–H groups in total. The van der Waals surface area contributed by atoms with Crippen LogP contribution in [0.4, 0.5) is 0 Å². The van der Waals surface area contributed by atoms with Crippen molar-refractivity contribution in [2.75, 3.05) is 13.1 Å². The van der Waals surface area contributed by atoms with Crippen molar-refractivity contribution in [3.8, 4) is 17.1 Å². The molecule has 0 spiro atoms. The van der Waals surface area contributed by atoms with E-state index in [9.17, 15) is 0 Å². The molecule has 1 aliphatic rings. The van der Waals surface area contributed by atoms with Gasteiger partial charge in [-0.2, -0.15) is 0 Å². The van der Waals surface area contributed by atoms with Crippen LogP contribution in [-0.2, 0) is 0 Å². The van der Waals surface area contributed by atoms with Crippen LogP contribution in [-0.4, -0.2) is 33.8 Å². The number of nitrogens with zero attached hydrogens (tertiary/aromatic N) is 3. The van der Waals surface area contributed by atoms with Crippen molar-refractivity contribution in [3.63, 3.8) is 0 Å². The summed E-state index contributed by atoms with van der Waals surface area (Å²) in [6.45, 7) is 6.35. The molecule has 130 valence electrons. The standard InChI is InChI=1S/C20H24N4O/c1-14-5-7-16(8-6-14)18-13-22-19-9-10-20(23-24(18)19)25-15(2)17-4-3-11-21-12-17/h5-10,13,15,17,21H,3-4,11-12H2,1-2H3. The van der Waals surface area contributed by atoms with Gasteiger partial charge < -0.3 is 10.1 Å². The van der Waals surface area contributed by atoms with Crippen molar-refractivity contribution in [3.05, 3.63) is 48.2 Å². The molecule has 2 aromatic heterocycles. The second-order valence-corrected chi connectivity index (χ2v) is 6.88. The van der Waals surface area contributed by atoms with Gasteiger partial charge in [-0.05, 0) is 39.3 Å². The Morgan fingerprint density at radius 3 is 2.80 bits per heavy atom. The summed E-state index contributed by atoms with van der Waals surface area (Å²) in [4.78, 5) is 4.46. The predicted octanol–water partition coefficient (Wildman–Crippen LogP) is 3.47. The zero-order valence-corrected chi connectivity index (χ0v) is 14.8. The molecule has 0 bridgehead atoms. The molecule has 5 heteroatoms. The summed E-state index contributed by atoms with van der Waals surface area (Å²) in [7, 11) is 0. The monoisotopic (exact) mass is 336 g/mol. The molecule has 2 unspecified atom stereocenters. The minimum absolute atomic E-state index is 0.143. The fourth-order valence-corrected chi connectivity index (χ4v) is 3.41. The van der Waals surface area contributed by atoms with E-state index in [0.717, 1.165) is 30.0 Å². The summed E-state index contributed by atoms with van der Waals surface area (Å²) in [5, 5.41) is 8.13. The molecule has 3 aromatic rings. The van der Waals surface area contributed by atoms with Gasteiger partial charge in [0.1, 0.15) is 6.10 Å². The van der Waals surface area contributed by atoms with Crippen molar-refractivity contribution >= 4 is 5.65 Å². The second-order valence-electron chi connectivity index (χ2n) is 6.88. The molecule has 0 radical (unpaired) electrons. The van der Waals surface area contributed by atoms with Gasteiger partial charge in [-0.3, -0.25) is 0 Å². The summed E-state index contributed by atoms with van der Waals surface area (Å²) in [6, 6.07) is 12.3. The number of nitrogens with one attached hydrogen (secondary N) is 1. The van der Waals surface area contributed by atoms with Crippen molar-refractivity contribution in [2.24, 2.45) is 5.92 Å². The molecule has 5 nitrogen and oxygen atoms in total. The van der Waals surface area contributed by atoms with Crippen LogP contribution in [0.1, 0.15) is 25.3 Å². The van der Waals surface area contributed by atoms with Gasteiger partial charge in [-0.15, -0.1) is 5.10 Å². The second kappa shape index (κ2) is 6.84. The third-order valence-corrected chi connectivity index (χ3v) is 4.99. The fraction of sp³-hybridized carbons (Fsp3) is 0.400. The number of aromatic nitrogens is 3. The third kappa shape index (κ3) is 3.37. The maximum Gasteiger partial charge on any atom is 0.232 e. The molecule has 4 rings (SSSR count). The van der Waals surface area contributed by atoms with Gasteiger partial charge in [0, 0.05) is 24.1 Å². The van der Waals surface area contributed by atoms with E-state index >= 15 is 0 Å². The molecule has 2 atom stereocenters. The largest absolute Gasteiger partial charge is 0.473 e. The lowest BCUT2D eigenvalue weighted by atomic mass is 9.95. The number of piperidine rings is 1. The van der Waals surface area contributed by atoms with Crippen LogP contribution in [0.5, 0.6) is 5.88 Å². The average Bonchev–Trinajstić information content (AvgIpc) is 3.06. The first kappa shape index (κ1) is 16.1. The number of rotatable bonds is 4. The fourth-order valence-electron chi connectivity index (χ4n) is 3.41. The van der Waals surface area contributed by atoms with Crippen molar-refractivity contribution in [2.45, 2.75) is 32.8 Å². The smallest absolute Gasteiger partial charge is 0.232 e. The van der Waals surface area contributed by atoms with Crippen LogP contribution in [0.25, 0.3) is 16.9 Å². The number of benzene rings is 1. The Balaban J connectivity index is 1.60. The minimum Gasteiger partial charge on any atom is -0.473 e. The molecule has 1 saturated heterocycles. The van der Waals surface area contributed by atoms with Crippen molar-refractivity contribution in [1.29, 1.82) is 0 Å². The summed E-state index contributed by atoms with van der Waals surface area (Å²) < 4.78 is 8.01. The maximum atomic E-state index is 6.14. The molecular weight excluding hydrogens is 312 g/mol. The lowest BCUT2D eigenvalue weighted by Crippen LogP contribution is -2.38. The van der Waals surface area contributed by atoms with E-state index < -0.39 is 0 Å². The summed E-state index contributed by atoms with van der Waals surface area (Å²) >= 11 is 0. The number of ether oxygens (including phenoxy) is 1. The van der Waals surface area contributed by atoms with E-state index in [1.165, 1.54) is 18.4 Å². The Morgan fingerprint density at radius 1 is 1.20 bits per heavy atom. The van der Waals surface area contributed by atoms with Crippen LogP contribution in [0.2, 0.25) is 0 Å². The van der Waals surface area contributed by atoms with Gasteiger partial charge >= 0.3 is 0 Å². The highest BCUT2D eigenvalue weighted by molar-refractivity contribution is 5.63. The molecule has 0 saturated carbocycles. The van der Waals surface area contributed by atoms with Gasteiger partial charge in [0.2, 0.25) is 5.88 Å². The third-order valence-electron chi connectivity index (χ3n) is 4.99. The Bertz CT molecular complexity index is 850. The Hall–Kier alpha value is -2.40. The normalized spacial score (nSPS) is 19.0. The lowest BCUT2D eigenvalue weighted by molar-refractivity contribution is 0.124. The number of hydrogen-bond donors (Lipinski definition) is 1. The van der Waals surface area contributed by atoms with E-state index in [4.69, 9.17) is 4.74 Å². The van der Waals surface area contributed by atoms with Gasteiger partial charge in [0.25, 0.3) is 0 Å². The number of hydrogen-bond acceptors (Lipinski definition) is 4. The molecular formula is C20H24N4O. The zero-order valence-electron chi connectivity index (χ0n) is 14.8. The van der Waals surface area contributed by atoms with Gasteiger partial charge in [-0.25, -0.2) is 9.50 Å². The van der Waals surface area contributed by atoms with E-state index in [2.05, 4.69) is 53.5 Å². The first-order valence-corrected chi connectivity index (χ1v) is 9.00. The van der Waals surface area contributed by atoms with Crippen LogP contribution in [0.3, 0.4) is 0 Å². The average molecular weight is 336 g/mol. The first-order valence-electron chi connectivity index (χ1n) is 9.00. The molecule has 3 heterocycles. The Kier molecular flexibility index (Phi) is 4.40. The zero-order chi connectivity index (χ0) is 17.2. The SMILES string of the molecule is Cc1ccc(-c2cnc3ccc(OC(C)C4CCCNC4)nn23)cc1.